The Kier molecular flexibility index (Phi) is 4.63. The van der Waals surface area contributed by atoms with Crippen molar-refractivity contribution in [2.75, 3.05) is 19.6 Å². The molecule has 2 rings (SSSR count). The van der Waals surface area contributed by atoms with Crippen LogP contribution in [0.3, 0.4) is 0 Å². The van der Waals surface area contributed by atoms with Gasteiger partial charge in [0.25, 0.3) is 0 Å². The minimum Gasteiger partial charge on any atom is -0.311 e. The van der Waals surface area contributed by atoms with Crippen molar-refractivity contribution in [1.29, 1.82) is 0 Å². The summed E-state index contributed by atoms with van der Waals surface area (Å²) in [5, 5.41) is 7.93. The molecule has 1 unspecified atom stereocenters. The van der Waals surface area contributed by atoms with Crippen LogP contribution in [0.25, 0.3) is 0 Å². The standard InChI is InChI=1S/C15H28N4/c1-5-6-13-11-19(15(2,3)12-16-13)10-8-14-7-9-17-18(14)4/h7,9,13,16H,5-6,8,10-12H2,1-4H3. The molecule has 1 saturated heterocycles. The van der Waals surface area contributed by atoms with Crippen molar-refractivity contribution in [2.45, 2.75) is 51.6 Å². The Morgan fingerprint density at radius 2 is 2.26 bits per heavy atom. The Hall–Kier alpha value is -0.870. The van der Waals surface area contributed by atoms with E-state index in [2.05, 4.69) is 42.2 Å². The van der Waals surface area contributed by atoms with Crippen LogP contribution in [0.15, 0.2) is 12.3 Å². The monoisotopic (exact) mass is 264 g/mol. The SMILES string of the molecule is CCCC1CN(CCc2ccnn2C)C(C)(C)CN1. The summed E-state index contributed by atoms with van der Waals surface area (Å²) in [5.41, 5.74) is 1.57. The third-order valence-corrected chi connectivity index (χ3v) is 4.32. The summed E-state index contributed by atoms with van der Waals surface area (Å²) in [6.07, 6.45) is 5.50. The molecule has 0 bridgehead atoms. The van der Waals surface area contributed by atoms with Gasteiger partial charge in [0.1, 0.15) is 0 Å². The molecule has 1 N–H and O–H groups in total. The highest BCUT2D eigenvalue weighted by Gasteiger charge is 2.33. The summed E-state index contributed by atoms with van der Waals surface area (Å²) in [6, 6.07) is 2.78. The molecule has 1 atom stereocenters. The normalized spacial score (nSPS) is 23.7. The maximum Gasteiger partial charge on any atom is 0.0492 e. The van der Waals surface area contributed by atoms with Crippen LogP contribution < -0.4 is 5.32 Å². The van der Waals surface area contributed by atoms with E-state index >= 15 is 0 Å². The molecular formula is C15H28N4. The van der Waals surface area contributed by atoms with Crippen LogP contribution in [0.1, 0.15) is 39.3 Å². The molecule has 0 saturated carbocycles. The number of nitrogens with zero attached hydrogens (tertiary/aromatic N) is 3. The lowest BCUT2D eigenvalue weighted by atomic mass is 9.95. The Labute approximate surface area is 117 Å². The van der Waals surface area contributed by atoms with Gasteiger partial charge in [-0.05, 0) is 26.3 Å². The molecule has 1 aromatic rings. The van der Waals surface area contributed by atoms with Gasteiger partial charge in [0.15, 0.2) is 0 Å². The van der Waals surface area contributed by atoms with Gasteiger partial charge in [0.2, 0.25) is 0 Å². The third-order valence-electron chi connectivity index (χ3n) is 4.32. The predicted octanol–water partition coefficient (Wildman–Crippen LogP) is 1.82. The number of rotatable bonds is 5. The van der Waals surface area contributed by atoms with E-state index in [9.17, 15) is 0 Å². The number of nitrogens with one attached hydrogen (secondary N) is 1. The van der Waals surface area contributed by atoms with Gasteiger partial charge in [0, 0.05) is 56.6 Å². The Balaban J connectivity index is 1.93. The van der Waals surface area contributed by atoms with Gasteiger partial charge in [-0.3, -0.25) is 9.58 Å². The molecule has 0 aliphatic carbocycles. The zero-order valence-corrected chi connectivity index (χ0v) is 12.8. The molecule has 19 heavy (non-hydrogen) atoms. The second-order valence-corrected chi connectivity index (χ2v) is 6.32. The van der Waals surface area contributed by atoms with Gasteiger partial charge in [-0.2, -0.15) is 5.10 Å². The van der Waals surface area contributed by atoms with Gasteiger partial charge < -0.3 is 5.32 Å². The fraction of sp³-hybridized carbons (Fsp3) is 0.800. The molecule has 1 aliphatic heterocycles. The highest BCUT2D eigenvalue weighted by molar-refractivity contribution is 5.02. The summed E-state index contributed by atoms with van der Waals surface area (Å²) in [4.78, 5) is 2.64. The number of piperazine rings is 1. The van der Waals surface area contributed by atoms with Gasteiger partial charge in [0.05, 0.1) is 0 Å². The van der Waals surface area contributed by atoms with E-state index in [0.29, 0.717) is 6.04 Å². The van der Waals surface area contributed by atoms with Crippen LogP contribution in [0.2, 0.25) is 0 Å². The summed E-state index contributed by atoms with van der Waals surface area (Å²) >= 11 is 0. The average molecular weight is 264 g/mol. The van der Waals surface area contributed by atoms with E-state index in [-0.39, 0.29) is 5.54 Å². The van der Waals surface area contributed by atoms with Crippen molar-refractivity contribution in [2.24, 2.45) is 7.05 Å². The first kappa shape index (κ1) is 14.5. The van der Waals surface area contributed by atoms with Crippen LogP contribution in [0.5, 0.6) is 0 Å². The second-order valence-electron chi connectivity index (χ2n) is 6.32. The molecule has 1 aromatic heterocycles. The lowest BCUT2D eigenvalue weighted by Gasteiger charge is -2.46. The smallest absolute Gasteiger partial charge is 0.0492 e. The van der Waals surface area contributed by atoms with Gasteiger partial charge in [-0.25, -0.2) is 0 Å². The Morgan fingerprint density at radius 3 is 2.89 bits per heavy atom. The highest BCUT2D eigenvalue weighted by atomic mass is 15.3. The first-order chi connectivity index (χ1) is 9.03. The average Bonchev–Trinajstić information content (AvgIpc) is 2.76. The van der Waals surface area contributed by atoms with Crippen LogP contribution in [-0.4, -0.2) is 45.9 Å². The maximum absolute atomic E-state index is 4.25. The zero-order chi connectivity index (χ0) is 13.9. The summed E-state index contributed by atoms with van der Waals surface area (Å²) < 4.78 is 1.98. The van der Waals surface area contributed by atoms with Crippen molar-refractivity contribution in [3.05, 3.63) is 18.0 Å². The van der Waals surface area contributed by atoms with E-state index in [0.717, 1.165) is 19.5 Å². The van der Waals surface area contributed by atoms with Crippen molar-refractivity contribution in [3.8, 4) is 0 Å². The lowest BCUT2D eigenvalue weighted by Crippen LogP contribution is -2.62. The van der Waals surface area contributed by atoms with Crippen molar-refractivity contribution in [3.63, 3.8) is 0 Å². The third kappa shape index (κ3) is 3.57. The molecule has 1 aliphatic rings. The number of aromatic nitrogens is 2. The Bertz CT molecular complexity index is 397. The van der Waals surface area contributed by atoms with Gasteiger partial charge in [-0.1, -0.05) is 13.3 Å². The molecule has 0 aromatic carbocycles. The summed E-state index contributed by atoms with van der Waals surface area (Å²) in [5.74, 6) is 0. The molecule has 1 fully saturated rings. The minimum atomic E-state index is 0.253. The van der Waals surface area contributed by atoms with Crippen LogP contribution >= 0.6 is 0 Å². The summed E-state index contributed by atoms with van der Waals surface area (Å²) in [6.45, 7) is 10.3. The van der Waals surface area contributed by atoms with E-state index in [4.69, 9.17) is 0 Å². The van der Waals surface area contributed by atoms with Crippen molar-refractivity contribution in [1.82, 2.24) is 20.0 Å². The van der Waals surface area contributed by atoms with Crippen molar-refractivity contribution < 1.29 is 0 Å². The maximum atomic E-state index is 4.25. The fourth-order valence-corrected chi connectivity index (χ4v) is 2.92. The van der Waals surface area contributed by atoms with Gasteiger partial charge in [-0.15, -0.1) is 0 Å². The molecule has 108 valence electrons. The second kappa shape index (κ2) is 6.06. The largest absolute Gasteiger partial charge is 0.311 e. The first-order valence-corrected chi connectivity index (χ1v) is 7.48. The van der Waals surface area contributed by atoms with Crippen LogP contribution in [0, 0.1) is 0 Å². The highest BCUT2D eigenvalue weighted by Crippen LogP contribution is 2.20. The van der Waals surface area contributed by atoms with E-state index in [1.54, 1.807) is 0 Å². The quantitative estimate of drug-likeness (QED) is 0.880. The van der Waals surface area contributed by atoms with E-state index in [1.165, 1.54) is 25.1 Å². The van der Waals surface area contributed by atoms with E-state index < -0.39 is 0 Å². The molecule has 4 nitrogen and oxygen atoms in total. The molecule has 2 heterocycles. The van der Waals surface area contributed by atoms with Crippen molar-refractivity contribution >= 4 is 0 Å². The topological polar surface area (TPSA) is 33.1 Å². The van der Waals surface area contributed by atoms with Crippen LogP contribution in [0.4, 0.5) is 0 Å². The minimum absolute atomic E-state index is 0.253. The molecule has 0 radical (unpaired) electrons. The molecule has 0 spiro atoms. The predicted molar refractivity (Wildman–Crippen MR) is 79.3 cm³/mol. The van der Waals surface area contributed by atoms with Gasteiger partial charge >= 0.3 is 0 Å². The zero-order valence-electron chi connectivity index (χ0n) is 12.8. The lowest BCUT2D eigenvalue weighted by molar-refractivity contribution is 0.0646. The van der Waals surface area contributed by atoms with E-state index in [1.807, 2.05) is 17.9 Å². The van der Waals surface area contributed by atoms with Crippen LogP contribution in [-0.2, 0) is 13.5 Å². The fourth-order valence-electron chi connectivity index (χ4n) is 2.92. The molecular weight excluding hydrogens is 236 g/mol. The number of hydrogen-bond donors (Lipinski definition) is 1. The Morgan fingerprint density at radius 1 is 1.47 bits per heavy atom. The number of aryl methyl sites for hydroxylation is 1. The first-order valence-electron chi connectivity index (χ1n) is 7.48. The number of hydrogen-bond acceptors (Lipinski definition) is 3. The molecule has 4 heteroatoms. The summed E-state index contributed by atoms with van der Waals surface area (Å²) in [7, 11) is 2.03. The molecule has 0 amide bonds.